The quantitative estimate of drug-likeness (QED) is 0.771. The van der Waals surface area contributed by atoms with Gasteiger partial charge in [0.1, 0.15) is 6.29 Å². The lowest BCUT2D eigenvalue weighted by atomic mass is 9.90. The van der Waals surface area contributed by atoms with Crippen molar-refractivity contribution in [2.45, 2.75) is 31.1 Å². The summed E-state index contributed by atoms with van der Waals surface area (Å²) >= 11 is 0. The van der Waals surface area contributed by atoms with E-state index in [0.29, 0.717) is 24.9 Å². The van der Waals surface area contributed by atoms with Gasteiger partial charge in [0.15, 0.2) is 0 Å². The van der Waals surface area contributed by atoms with Crippen molar-refractivity contribution in [3.8, 4) is 0 Å². The monoisotopic (exact) mass is 403 g/mol. The molecule has 2 aliphatic rings. The molecule has 0 aromatic heterocycles. The Hall–Kier alpha value is -3.03. The third-order valence-corrected chi connectivity index (χ3v) is 5.66. The van der Waals surface area contributed by atoms with E-state index in [0.717, 1.165) is 28.9 Å². The third-order valence-electron chi connectivity index (χ3n) is 5.66. The summed E-state index contributed by atoms with van der Waals surface area (Å²) in [5.41, 5.74) is 4.23. The van der Waals surface area contributed by atoms with Crippen LogP contribution in [0, 0.1) is 0 Å². The number of benzene rings is 2. The maximum atomic E-state index is 12.7. The van der Waals surface area contributed by atoms with Gasteiger partial charge in [-0.15, -0.1) is 0 Å². The first kappa shape index (κ1) is 19.3. The van der Waals surface area contributed by atoms with E-state index in [9.17, 15) is 22.8 Å². The van der Waals surface area contributed by atoms with E-state index in [4.69, 9.17) is 0 Å². The van der Waals surface area contributed by atoms with Crippen LogP contribution in [0.15, 0.2) is 42.5 Å². The van der Waals surface area contributed by atoms with E-state index in [1.807, 2.05) is 48.3 Å². The van der Waals surface area contributed by atoms with E-state index < -0.39 is 18.1 Å². The molecule has 2 aromatic rings. The third kappa shape index (κ3) is 3.43. The Bertz CT molecular complexity index is 960. The number of amides is 1. The predicted molar refractivity (Wildman–Crippen MR) is 104 cm³/mol. The zero-order valence-corrected chi connectivity index (χ0v) is 15.7. The molecule has 0 saturated carbocycles. The van der Waals surface area contributed by atoms with E-state index in [1.54, 1.807) is 6.07 Å². The molecule has 152 valence electrons. The van der Waals surface area contributed by atoms with Crippen LogP contribution in [0.3, 0.4) is 0 Å². The van der Waals surface area contributed by atoms with Gasteiger partial charge in [0.25, 0.3) is 0 Å². The van der Waals surface area contributed by atoms with Crippen LogP contribution in [0.5, 0.6) is 0 Å². The smallest absolute Gasteiger partial charge is 0.363 e. The van der Waals surface area contributed by atoms with Crippen LogP contribution in [0.25, 0.3) is 0 Å². The summed E-state index contributed by atoms with van der Waals surface area (Å²) < 4.78 is 38.1. The van der Waals surface area contributed by atoms with Crippen molar-refractivity contribution in [1.29, 1.82) is 0 Å². The number of fused-ring (bicyclic) bond motifs is 5. The van der Waals surface area contributed by atoms with Crippen LogP contribution >= 0.6 is 0 Å². The minimum atomic E-state index is -4.89. The van der Waals surface area contributed by atoms with Gasteiger partial charge in [0.05, 0.1) is 17.4 Å². The number of aldehydes is 1. The molecule has 2 aliphatic heterocycles. The molecule has 4 rings (SSSR count). The second-order valence-corrected chi connectivity index (χ2v) is 7.39. The standard InChI is InChI=1S/C21H20F3N3O2/c1-26-16-5-3-2-4-15(16)18-11-14(25-20(29)21(22,23)24)8-9-27(18)17-7-6-13(12-28)10-19(17)26/h2-7,10,12,14,18H,8-9,11H2,1H3,(H,25,29). The largest absolute Gasteiger partial charge is 0.471 e. The molecule has 8 heteroatoms. The predicted octanol–water partition coefficient (Wildman–Crippen LogP) is 3.97. The van der Waals surface area contributed by atoms with E-state index in [2.05, 4.69) is 10.2 Å². The van der Waals surface area contributed by atoms with Crippen LogP contribution < -0.4 is 15.1 Å². The van der Waals surface area contributed by atoms with Gasteiger partial charge in [-0.3, -0.25) is 9.59 Å². The second-order valence-electron chi connectivity index (χ2n) is 7.39. The lowest BCUT2D eigenvalue weighted by molar-refractivity contribution is -0.174. The number of piperidine rings is 1. The van der Waals surface area contributed by atoms with Crippen LogP contribution in [-0.2, 0) is 4.79 Å². The Labute approximate surface area is 166 Å². The molecule has 2 aromatic carbocycles. The number of hydrogen-bond acceptors (Lipinski definition) is 4. The average Bonchev–Trinajstić information content (AvgIpc) is 2.81. The van der Waals surface area contributed by atoms with Gasteiger partial charge < -0.3 is 15.1 Å². The summed E-state index contributed by atoms with van der Waals surface area (Å²) in [6.07, 6.45) is -3.33. The van der Waals surface area contributed by atoms with Crippen molar-refractivity contribution in [2.24, 2.45) is 0 Å². The number of carbonyl (C=O) groups is 2. The minimum absolute atomic E-state index is 0.190. The number of halogens is 3. The summed E-state index contributed by atoms with van der Waals surface area (Å²) in [5, 5.41) is 2.15. The normalized spacial score (nSPS) is 20.8. The van der Waals surface area contributed by atoms with Gasteiger partial charge in [-0.1, -0.05) is 18.2 Å². The maximum Gasteiger partial charge on any atom is 0.471 e. The van der Waals surface area contributed by atoms with Gasteiger partial charge in [0.2, 0.25) is 0 Å². The molecule has 0 aliphatic carbocycles. The number of para-hydroxylation sites is 1. The number of alkyl halides is 3. The lowest BCUT2D eigenvalue weighted by Gasteiger charge is -2.41. The van der Waals surface area contributed by atoms with E-state index in [-0.39, 0.29) is 6.04 Å². The molecule has 2 heterocycles. The fraction of sp³-hybridized carbons (Fsp3) is 0.333. The number of anilines is 3. The highest BCUT2D eigenvalue weighted by Gasteiger charge is 2.42. The van der Waals surface area contributed by atoms with Crippen molar-refractivity contribution >= 4 is 29.3 Å². The average molecular weight is 403 g/mol. The molecular formula is C21H20F3N3O2. The van der Waals surface area contributed by atoms with Gasteiger partial charge in [-0.25, -0.2) is 0 Å². The second kappa shape index (κ2) is 7.09. The molecule has 1 fully saturated rings. The summed E-state index contributed by atoms with van der Waals surface area (Å²) in [5.74, 6) is -1.90. The number of nitrogens with one attached hydrogen (secondary N) is 1. The number of rotatable bonds is 2. The van der Waals surface area contributed by atoms with Crippen molar-refractivity contribution in [3.05, 3.63) is 53.6 Å². The van der Waals surface area contributed by atoms with Gasteiger partial charge in [-0.2, -0.15) is 13.2 Å². The van der Waals surface area contributed by atoms with E-state index >= 15 is 0 Å². The first-order valence-electron chi connectivity index (χ1n) is 9.36. The fourth-order valence-corrected chi connectivity index (χ4v) is 4.28. The minimum Gasteiger partial charge on any atom is -0.363 e. The highest BCUT2D eigenvalue weighted by molar-refractivity contribution is 5.87. The maximum absolute atomic E-state index is 12.7. The molecule has 0 bridgehead atoms. The molecule has 1 amide bonds. The van der Waals surface area contributed by atoms with Crippen molar-refractivity contribution in [2.75, 3.05) is 23.4 Å². The van der Waals surface area contributed by atoms with Crippen molar-refractivity contribution in [3.63, 3.8) is 0 Å². The Morgan fingerprint density at radius 1 is 1.14 bits per heavy atom. The molecular weight excluding hydrogens is 383 g/mol. The summed E-state index contributed by atoms with van der Waals surface area (Å²) in [7, 11) is 1.91. The van der Waals surface area contributed by atoms with Crippen LogP contribution in [0.1, 0.15) is 34.8 Å². The molecule has 2 unspecified atom stereocenters. The summed E-state index contributed by atoms with van der Waals surface area (Å²) in [6, 6.07) is 12.4. The van der Waals surface area contributed by atoms with Crippen LogP contribution in [0.4, 0.5) is 30.2 Å². The number of hydrogen-bond donors (Lipinski definition) is 1. The molecule has 29 heavy (non-hydrogen) atoms. The van der Waals surface area contributed by atoms with Gasteiger partial charge in [0, 0.05) is 30.9 Å². The van der Waals surface area contributed by atoms with Crippen LogP contribution in [0.2, 0.25) is 0 Å². The SMILES string of the molecule is CN1c2ccccc2C2CC(NC(=O)C(F)(F)F)CCN2c2ccc(C=O)cc21. The number of nitrogens with zero attached hydrogens (tertiary/aromatic N) is 2. The lowest BCUT2D eigenvalue weighted by Crippen LogP contribution is -2.49. The van der Waals surface area contributed by atoms with Crippen molar-refractivity contribution in [1.82, 2.24) is 5.32 Å². The summed E-state index contributed by atoms with van der Waals surface area (Å²) in [6.45, 7) is 0.489. The highest BCUT2D eigenvalue weighted by Crippen LogP contribution is 2.48. The molecule has 5 nitrogen and oxygen atoms in total. The molecule has 0 radical (unpaired) electrons. The topological polar surface area (TPSA) is 52.7 Å². The Morgan fingerprint density at radius 3 is 2.62 bits per heavy atom. The zero-order chi connectivity index (χ0) is 20.8. The summed E-state index contributed by atoms with van der Waals surface area (Å²) in [4.78, 5) is 26.9. The molecule has 1 saturated heterocycles. The fourth-order valence-electron chi connectivity index (χ4n) is 4.28. The first-order valence-corrected chi connectivity index (χ1v) is 9.36. The van der Waals surface area contributed by atoms with Gasteiger partial charge >= 0.3 is 12.1 Å². The molecule has 0 spiro atoms. The first-order chi connectivity index (χ1) is 13.8. The van der Waals surface area contributed by atoms with Crippen LogP contribution in [-0.4, -0.2) is 38.0 Å². The number of carbonyl (C=O) groups excluding carboxylic acids is 2. The van der Waals surface area contributed by atoms with Gasteiger partial charge in [-0.05, 0) is 42.7 Å². The molecule has 2 atom stereocenters. The Morgan fingerprint density at radius 2 is 1.90 bits per heavy atom. The zero-order valence-electron chi connectivity index (χ0n) is 15.7. The highest BCUT2D eigenvalue weighted by atomic mass is 19.4. The van der Waals surface area contributed by atoms with E-state index in [1.165, 1.54) is 0 Å². The Kier molecular flexibility index (Phi) is 4.72. The molecule has 1 N–H and O–H groups in total. The van der Waals surface area contributed by atoms with Crippen molar-refractivity contribution < 1.29 is 22.8 Å². The Balaban J connectivity index is 1.74.